The molecule has 7 nitrogen and oxygen atoms in total. The highest BCUT2D eigenvalue weighted by atomic mass is 16.3. The molecule has 1 N–H and O–H groups in total. The van der Waals surface area contributed by atoms with Crippen molar-refractivity contribution in [2.45, 2.75) is 13.5 Å². The Bertz CT molecular complexity index is 1420. The van der Waals surface area contributed by atoms with Crippen LogP contribution in [0, 0.1) is 6.92 Å². The molecule has 1 aliphatic rings. The lowest BCUT2D eigenvalue weighted by atomic mass is 10.0. The van der Waals surface area contributed by atoms with Crippen molar-refractivity contribution >= 4 is 22.7 Å². The van der Waals surface area contributed by atoms with E-state index in [4.69, 9.17) is 4.42 Å². The first-order valence-electron chi connectivity index (χ1n) is 11.8. The molecule has 0 saturated carbocycles. The van der Waals surface area contributed by atoms with Crippen LogP contribution in [0.3, 0.4) is 0 Å². The minimum absolute atomic E-state index is 0.135. The van der Waals surface area contributed by atoms with Crippen LogP contribution in [0.15, 0.2) is 76.1 Å². The van der Waals surface area contributed by atoms with Crippen LogP contribution in [0.2, 0.25) is 0 Å². The van der Waals surface area contributed by atoms with Gasteiger partial charge < -0.3 is 19.5 Å². The molecule has 35 heavy (non-hydrogen) atoms. The summed E-state index contributed by atoms with van der Waals surface area (Å²) in [5.74, 6) is 1.08. The zero-order valence-electron chi connectivity index (χ0n) is 20.0. The molecule has 0 spiro atoms. The van der Waals surface area contributed by atoms with Crippen molar-refractivity contribution in [1.29, 1.82) is 0 Å². The number of aromatic nitrogens is 1. The molecule has 4 aromatic rings. The number of carbonyl (C=O) groups excluding carboxylic acids is 1. The van der Waals surface area contributed by atoms with Gasteiger partial charge in [0.1, 0.15) is 11.6 Å². The molecule has 0 radical (unpaired) electrons. The summed E-state index contributed by atoms with van der Waals surface area (Å²) in [5.41, 5.74) is 2.77. The van der Waals surface area contributed by atoms with E-state index in [1.165, 1.54) is 0 Å². The molecule has 1 fully saturated rings. The van der Waals surface area contributed by atoms with Gasteiger partial charge in [-0.05, 0) is 32.2 Å². The largest absolute Gasteiger partial charge is 0.455 e. The summed E-state index contributed by atoms with van der Waals surface area (Å²) in [4.78, 5) is 35.5. The highest BCUT2D eigenvalue weighted by molar-refractivity contribution is 6.05. The van der Waals surface area contributed by atoms with Crippen molar-refractivity contribution in [1.82, 2.24) is 15.2 Å². The van der Waals surface area contributed by atoms with Gasteiger partial charge in [-0.1, -0.05) is 42.5 Å². The predicted octanol–water partition coefficient (Wildman–Crippen LogP) is 3.85. The smallest absolute Gasteiger partial charge is 0.255 e. The number of fused-ring (bicyclic) bond motifs is 1. The lowest BCUT2D eigenvalue weighted by Gasteiger charge is -2.34. The standard InChI is InChI=1S/C28H28N4O3/c1-19-24(33)22-11-6-12-23(26(22)35-25(19)20-8-4-3-5-9-20)28(34)30-18-21-10-7-13-29-27(21)32-16-14-31(2)15-17-32/h3-13H,14-18H2,1-2H3,(H,30,34). The fourth-order valence-corrected chi connectivity index (χ4v) is 4.50. The van der Waals surface area contributed by atoms with E-state index >= 15 is 0 Å². The molecule has 1 aliphatic heterocycles. The first-order chi connectivity index (χ1) is 17.0. The van der Waals surface area contributed by atoms with Crippen molar-refractivity contribution in [3.8, 4) is 11.3 Å². The van der Waals surface area contributed by atoms with E-state index < -0.39 is 0 Å². The van der Waals surface area contributed by atoms with Crippen LogP contribution in [0.5, 0.6) is 0 Å². The van der Waals surface area contributed by atoms with E-state index in [0.29, 0.717) is 34.4 Å². The average Bonchev–Trinajstić information content (AvgIpc) is 2.90. The molecular weight excluding hydrogens is 440 g/mol. The highest BCUT2D eigenvalue weighted by Crippen LogP contribution is 2.27. The van der Waals surface area contributed by atoms with Crippen LogP contribution in [0.1, 0.15) is 21.5 Å². The number of benzene rings is 2. The summed E-state index contributed by atoms with van der Waals surface area (Å²) in [6.07, 6.45) is 1.78. The number of piperazine rings is 1. The lowest BCUT2D eigenvalue weighted by Crippen LogP contribution is -2.45. The van der Waals surface area contributed by atoms with Crippen LogP contribution in [0.25, 0.3) is 22.3 Å². The number of hydrogen-bond donors (Lipinski definition) is 1. The Kier molecular flexibility index (Phi) is 6.33. The number of para-hydroxylation sites is 1. The number of carbonyl (C=O) groups is 1. The summed E-state index contributed by atoms with van der Waals surface area (Å²) < 4.78 is 6.21. The molecule has 0 unspecified atom stereocenters. The quantitative estimate of drug-likeness (QED) is 0.480. The maximum absolute atomic E-state index is 13.3. The number of rotatable bonds is 5. The topological polar surface area (TPSA) is 78.7 Å². The van der Waals surface area contributed by atoms with Gasteiger partial charge in [0, 0.05) is 55.6 Å². The van der Waals surface area contributed by atoms with E-state index in [2.05, 4.69) is 27.1 Å². The number of nitrogens with one attached hydrogen (secondary N) is 1. The third-order valence-electron chi connectivity index (χ3n) is 6.54. The van der Waals surface area contributed by atoms with Crippen molar-refractivity contribution in [2.75, 3.05) is 38.1 Å². The first-order valence-corrected chi connectivity index (χ1v) is 11.8. The van der Waals surface area contributed by atoms with Crippen LogP contribution >= 0.6 is 0 Å². The minimum atomic E-state index is -0.296. The fourth-order valence-electron chi connectivity index (χ4n) is 4.50. The van der Waals surface area contributed by atoms with Crippen LogP contribution in [0.4, 0.5) is 5.82 Å². The van der Waals surface area contributed by atoms with Crippen molar-refractivity contribution in [3.05, 3.63) is 93.8 Å². The second kappa shape index (κ2) is 9.72. The van der Waals surface area contributed by atoms with Gasteiger partial charge in [0.2, 0.25) is 0 Å². The van der Waals surface area contributed by atoms with E-state index in [1.54, 1.807) is 31.3 Å². The molecule has 7 heteroatoms. The number of pyridine rings is 1. The van der Waals surface area contributed by atoms with Gasteiger partial charge in [0.25, 0.3) is 5.91 Å². The molecule has 2 aromatic heterocycles. The molecule has 5 rings (SSSR count). The van der Waals surface area contributed by atoms with Gasteiger partial charge in [-0.2, -0.15) is 0 Å². The normalized spacial score (nSPS) is 14.3. The number of likely N-dealkylation sites (N-methyl/N-ethyl adjacent to an activating group) is 1. The van der Waals surface area contributed by atoms with Crippen molar-refractivity contribution in [2.24, 2.45) is 0 Å². The zero-order chi connectivity index (χ0) is 24.4. The third kappa shape index (κ3) is 4.55. The van der Waals surface area contributed by atoms with Crippen molar-refractivity contribution in [3.63, 3.8) is 0 Å². The Morgan fingerprint density at radius 1 is 1.00 bits per heavy atom. The number of amides is 1. The summed E-state index contributed by atoms with van der Waals surface area (Å²) in [6, 6.07) is 18.5. The van der Waals surface area contributed by atoms with Crippen LogP contribution in [-0.4, -0.2) is 49.0 Å². The lowest BCUT2D eigenvalue weighted by molar-refractivity contribution is 0.0951. The monoisotopic (exact) mass is 468 g/mol. The molecule has 1 amide bonds. The summed E-state index contributed by atoms with van der Waals surface area (Å²) in [5, 5.41) is 3.41. The zero-order valence-corrected chi connectivity index (χ0v) is 20.0. The first kappa shape index (κ1) is 22.8. The van der Waals surface area contributed by atoms with Gasteiger partial charge in [-0.3, -0.25) is 9.59 Å². The van der Waals surface area contributed by atoms with Crippen LogP contribution in [-0.2, 0) is 6.54 Å². The van der Waals surface area contributed by atoms with E-state index in [0.717, 1.165) is 43.1 Å². The van der Waals surface area contributed by atoms with Crippen LogP contribution < -0.4 is 15.6 Å². The number of hydrogen-bond acceptors (Lipinski definition) is 6. The molecule has 0 atom stereocenters. The second-order valence-electron chi connectivity index (χ2n) is 8.89. The number of anilines is 1. The Morgan fingerprint density at radius 2 is 1.77 bits per heavy atom. The third-order valence-corrected chi connectivity index (χ3v) is 6.54. The molecule has 2 aromatic carbocycles. The summed E-state index contributed by atoms with van der Waals surface area (Å²) in [7, 11) is 2.12. The maximum atomic E-state index is 13.3. The Labute approximate surface area is 204 Å². The molecule has 1 saturated heterocycles. The summed E-state index contributed by atoms with van der Waals surface area (Å²) in [6.45, 7) is 5.81. The summed E-state index contributed by atoms with van der Waals surface area (Å²) >= 11 is 0. The Hall–Kier alpha value is -3.97. The SMILES string of the molecule is Cc1c(-c2ccccc2)oc2c(C(=O)NCc3cccnc3N3CCN(C)CC3)cccc2c1=O. The van der Waals surface area contributed by atoms with E-state index in [9.17, 15) is 9.59 Å². The molecule has 0 aliphatic carbocycles. The molecular formula is C28H28N4O3. The Morgan fingerprint density at radius 3 is 2.54 bits per heavy atom. The van der Waals surface area contributed by atoms with Crippen molar-refractivity contribution < 1.29 is 9.21 Å². The van der Waals surface area contributed by atoms with Gasteiger partial charge in [0.15, 0.2) is 11.0 Å². The second-order valence-corrected chi connectivity index (χ2v) is 8.89. The number of nitrogens with zero attached hydrogens (tertiary/aromatic N) is 3. The molecule has 0 bridgehead atoms. The minimum Gasteiger partial charge on any atom is -0.455 e. The van der Waals surface area contributed by atoms with Gasteiger partial charge in [-0.25, -0.2) is 4.98 Å². The Balaban J connectivity index is 1.45. The predicted molar refractivity (Wildman–Crippen MR) is 138 cm³/mol. The molecule has 3 heterocycles. The van der Waals surface area contributed by atoms with E-state index in [1.807, 2.05) is 42.5 Å². The fraction of sp³-hybridized carbons (Fsp3) is 0.250. The maximum Gasteiger partial charge on any atom is 0.255 e. The van der Waals surface area contributed by atoms with Gasteiger partial charge in [-0.15, -0.1) is 0 Å². The molecule has 178 valence electrons. The average molecular weight is 469 g/mol. The van der Waals surface area contributed by atoms with Gasteiger partial charge in [0.05, 0.1) is 10.9 Å². The van der Waals surface area contributed by atoms with Gasteiger partial charge >= 0.3 is 0 Å². The van der Waals surface area contributed by atoms with E-state index in [-0.39, 0.29) is 11.3 Å². The highest BCUT2D eigenvalue weighted by Gasteiger charge is 2.20.